The Morgan fingerprint density at radius 2 is 1.81 bits per heavy atom. The Kier molecular flexibility index (Phi) is 4.23. The third-order valence-corrected chi connectivity index (χ3v) is 7.56. The smallest absolute Gasteiger partial charge is 0.239 e. The minimum atomic E-state index is -0.732. The first kappa shape index (κ1) is 19.5. The van der Waals surface area contributed by atoms with E-state index >= 15 is 0 Å². The van der Waals surface area contributed by atoms with Crippen LogP contribution in [-0.2, 0) is 16.9 Å². The number of aromatic nitrogens is 2. The number of nitrogens with one attached hydrogen (secondary N) is 2. The monoisotopic (exact) mass is 427 g/mol. The molecule has 2 heterocycles. The van der Waals surface area contributed by atoms with Crippen LogP contribution >= 0.6 is 0 Å². The SMILES string of the molecule is CN1C(=N)N[C@](C)(c2ccc3cnn(CC4CC4)c3c2)[C@H](c2ccc(C3CC3)cc2)C1=O. The zero-order valence-electron chi connectivity index (χ0n) is 18.6. The minimum Gasteiger partial charge on any atom is -0.346 e. The second-order valence-corrected chi connectivity index (χ2v) is 9.99. The van der Waals surface area contributed by atoms with E-state index in [1.165, 1.54) is 36.1 Å². The number of hydrogen-bond donors (Lipinski definition) is 2. The van der Waals surface area contributed by atoms with Gasteiger partial charge >= 0.3 is 0 Å². The van der Waals surface area contributed by atoms with Crippen LogP contribution in [0.1, 0.15) is 61.1 Å². The lowest BCUT2D eigenvalue weighted by Gasteiger charge is -2.46. The molecule has 32 heavy (non-hydrogen) atoms. The maximum absolute atomic E-state index is 13.5. The maximum atomic E-state index is 13.5. The van der Waals surface area contributed by atoms with Gasteiger partial charge in [0.25, 0.3) is 0 Å². The van der Waals surface area contributed by atoms with Gasteiger partial charge in [-0.3, -0.25) is 19.8 Å². The van der Waals surface area contributed by atoms with Crippen molar-refractivity contribution < 1.29 is 4.79 Å². The van der Waals surface area contributed by atoms with Crippen molar-refractivity contribution in [2.75, 3.05) is 7.05 Å². The zero-order chi connectivity index (χ0) is 22.0. The second-order valence-electron chi connectivity index (χ2n) is 9.99. The molecule has 3 aromatic rings. The van der Waals surface area contributed by atoms with E-state index in [0.29, 0.717) is 5.92 Å². The van der Waals surface area contributed by atoms with E-state index < -0.39 is 11.5 Å². The molecule has 164 valence electrons. The molecule has 2 N–H and O–H groups in total. The average Bonchev–Trinajstić information content (AvgIpc) is 3.71. The first-order valence-electron chi connectivity index (χ1n) is 11.6. The molecule has 3 aliphatic rings. The normalized spacial score (nSPS) is 25.9. The number of carbonyl (C=O) groups is 1. The van der Waals surface area contributed by atoms with Gasteiger partial charge in [-0.2, -0.15) is 5.10 Å². The molecule has 1 saturated heterocycles. The Labute approximate surface area is 188 Å². The molecule has 1 aromatic heterocycles. The van der Waals surface area contributed by atoms with Crippen LogP contribution in [-0.4, -0.2) is 33.6 Å². The van der Waals surface area contributed by atoms with E-state index in [4.69, 9.17) is 5.41 Å². The molecule has 1 aliphatic heterocycles. The van der Waals surface area contributed by atoms with Crippen molar-refractivity contribution in [3.63, 3.8) is 0 Å². The topological polar surface area (TPSA) is 74.0 Å². The summed E-state index contributed by atoms with van der Waals surface area (Å²) in [7, 11) is 1.68. The first-order valence-corrected chi connectivity index (χ1v) is 11.6. The summed E-state index contributed by atoms with van der Waals surface area (Å²) in [4.78, 5) is 14.9. The van der Waals surface area contributed by atoms with Crippen LogP contribution in [0.15, 0.2) is 48.7 Å². The van der Waals surface area contributed by atoms with E-state index in [1.807, 2.05) is 6.20 Å². The molecular weight excluding hydrogens is 398 g/mol. The number of rotatable bonds is 5. The van der Waals surface area contributed by atoms with Crippen molar-refractivity contribution >= 4 is 22.8 Å². The summed E-state index contributed by atoms with van der Waals surface area (Å²) in [5, 5.41) is 17.5. The number of guanidine groups is 1. The first-order chi connectivity index (χ1) is 15.4. The van der Waals surface area contributed by atoms with Crippen molar-refractivity contribution in [1.82, 2.24) is 20.0 Å². The number of nitrogens with zero attached hydrogens (tertiary/aromatic N) is 3. The molecule has 0 unspecified atom stereocenters. The third kappa shape index (κ3) is 3.12. The molecule has 2 atom stereocenters. The lowest BCUT2D eigenvalue weighted by molar-refractivity contribution is -0.131. The van der Waals surface area contributed by atoms with Gasteiger partial charge in [0.2, 0.25) is 5.91 Å². The predicted molar refractivity (Wildman–Crippen MR) is 125 cm³/mol. The highest BCUT2D eigenvalue weighted by atomic mass is 16.2. The zero-order valence-corrected chi connectivity index (χ0v) is 18.6. The highest BCUT2D eigenvalue weighted by molar-refractivity contribution is 6.02. The number of hydrogen-bond acceptors (Lipinski definition) is 3. The van der Waals surface area contributed by atoms with Crippen LogP contribution in [0.4, 0.5) is 0 Å². The highest BCUT2D eigenvalue weighted by Crippen LogP contribution is 2.44. The van der Waals surface area contributed by atoms with Gasteiger partial charge in [-0.1, -0.05) is 36.4 Å². The molecule has 2 aliphatic carbocycles. The predicted octanol–water partition coefficient (Wildman–Crippen LogP) is 4.32. The molecule has 2 saturated carbocycles. The minimum absolute atomic E-state index is 0.0537. The number of benzene rings is 2. The van der Waals surface area contributed by atoms with Gasteiger partial charge in [0, 0.05) is 19.0 Å². The van der Waals surface area contributed by atoms with Crippen LogP contribution in [0.5, 0.6) is 0 Å². The summed E-state index contributed by atoms with van der Waals surface area (Å²) in [5.41, 5.74) is 3.71. The van der Waals surface area contributed by atoms with E-state index in [9.17, 15) is 4.79 Å². The fourth-order valence-electron chi connectivity index (χ4n) is 5.13. The standard InChI is InChI=1S/C26H29N5O/c1-26(21-12-11-20-14-28-31(22(20)13-21)15-16-3-4-16)23(24(32)30(2)25(27)29-26)19-9-7-18(8-10-19)17-5-6-17/h7-14,16-17,23H,3-6,15H2,1-2H3,(H2,27,29)/t23-,26-/m1/s1. The van der Waals surface area contributed by atoms with Crippen LogP contribution in [0.25, 0.3) is 10.9 Å². The van der Waals surface area contributed by atoms with Gasteiger partial charge in [-0.15, -0.1) is 0 Å². The molecular formula is C26H29N5O. The fourth-order valence-corrected chi connectivity index (χ4v) is 5.13. The van der Waals surface area contributed by atoms with Gasteiger partial charge in [-0.25, -0.2) is 0 Å². The summed E-state index contributed by atoms with van der Waals surface area (Å²) in [6.45, 7) is 3.00. The van der Waals surface area contributed by atoms with Gasteiger partial charge in [0.15, 0.2) is 5.96 Å². The molecule has 0 bridgehead atoms. The lowest BCUT2D eigenvalue weighted by Crippen LogP contribution is -2.62. The Bertz CT molecular complexity index is 1220. The molecule has 3 fully saturated rings. The fraction of sp³-hybridized carbons (Fsp3) is 0.423. The lowest BCUT2D eigenvalue weighted by atomic mass is 9.73. The van der Waals surface area contributed by atoms with Gasteiger partial charge in [0.1, 0.15) is 0 Å². The summed E-state index contributed by atoms with van der Waals surface area (Å²) >= 11 is 0. The molecule has 0 spiro atoms. The van der Waals surface area contributed by atoms with E-state index in [2.05, 4.69) is 64.5 Å². The van der Waals surface area contributed by atoms with Gasteiger partial charge in [-0.05, 0) is 67.2 Å². The Morgan fingerprint density at radius 1 is 1.09 bits per heavy atom. The van der Waals surface area contributed by atoms with Crippen LogP contribution in [0, 0.1) is 11.3 Å². The molecule has 1 amide bonds. The van der Waals surface area contributed by atoms with Crippen molar-refractivity contribution in [1.29, 1.82) is 5.41 Å². The Morgan fingerprint density at radius 3 is 2.50 bits per heavy atom. The Balaban J connectivity index is 1.44. The van der Waals surface area contributed by atoms with Crippen LogP contribution in [0.3, 0.4) is 0 Å². The van der Waals surface area contributed by atoms with E-state index in [0.717, 1.165) is 34.5 Å². The van der Waals surface area contributed by atoms with E-state index in [1.54, 1.807) is 7.05 Å². The quantitative estimate of drug-likeness (QED) is 0.637. The number of amides is 1. The van der Waals surface area contributed by atoms with Crippen molar-refractivity contribution in [3.8, 4) is 0 Å². The summed E-state index contributed by atoms with van der Waals surface area (Å²) in [5.74, 6) is 1.07. The molecule has 0 radical (unpaired) electrons. The Hall–Kier alpha value is -3.15. The molecule has 6 rings (SSSR count). The summed E-state index contributed by atoms with van der Waals surface area (Å²) < 4.78 is 2.10. The average molecular weight is 428 g/mol. The number of carbonyl (C=O) groups excluding carboxylic acids is 1. The number of likely N-dealkylation sites (N-methyl/N-ethyl adjacent to an activating group) is 1. The summed E-state index contributed by atoms with van der Waals surface area (Å²) in [6.07, 6.45) is 6.99. The van der Waals surface area contributed by atoms with Crippen molar-refractivity contribution in [2.24, 2.45) is 5.92 Å². The second kappa shape index (κ2) is 6.92. The van der Waals surface area contributed by atoms with Crippen LogP contribution < -0.4 is 5.32 Å². The summed E-state index contributed by atoms with van der Waals surface area (Å²) in [6, 6.07) is 14.9. The van der Waals surface area contributed by atoms with Crippen LogP contribution in [0.2, 0.25) is 0 Å². The van der Waals surface area contributed by atoms with Gasteiger partial charge in [0.05, 0.1) is 23.2 Å². The molecule has 2 aromatic carbocycles. The van der Waals surface area contributed by atoms with Gasteiger partial charge < -0.3 is 5.32 Å². The molecule has 6 heteroatoms. The maximum Gasteiger partial charge on any atom is 0.239 e. The largest absolute Gasteiger partial charge is 0.346 e. The third-order valence-electron chi connectivity index (χ3n) is 7.56. The van der Waals surface area contributed by atoms with Crippen molar-refractivity contribution in [3.05, 3.63) is 65.4 Å². The highest BCUT2D eigenvalue weighted by Gasteiger charge is 2.48. The molecule has 6 nitrogen and oxygen atoms in total. The number of fused-ring (bicyclic) bond motifs is 1. The van der Waals surface area contributed by atoms with E-state index in [-0.39, 0.29) is 11.9 Å². The van der Waals surface area contributed by atoms with Crippen molar-refractivity contribution in [2.45, 2.75) is 56.5 Å².